The molecule has 1 aliphatic rings. The SMILES string of the molecule is Cc1sc(C(=O)NC2(C)CCOC2C)cc1S(N)(=O)=O. The minimum Gasteiger partial charge on any atom is -0.376 e. The molecule has 0 saturated carbocycles. The van der Waals surface area contributed by atoms with Crippen molar-refractivity contribution in [1.29, 1.82) is 0 Å². The monoisotopic (exact) mass is 318 g/mol. The van der Waals surface area contributed by atoms with Gasteiger partial charge >= 0.3 is 0 Å². The van der Waals surface area contributed by atoms with Gasteiger partial charge < -0.3 is 10.1 Å². The third kappa shape index (κ3) is 2.88. The third-order valence-electron chi connectivity index (χ3n) is 3.69. The lowest BCUT2D eigenvalue weighted by atomic mass is 9.94. The summed E-state index contributed by atoms with van der Waals surface area (Å²) in [5, 5.41) is 8.03. The minimum absolute atomic E-state index is 0.00789. The first-order valence-electron chi connectivity index (χ1n) is 6.21. The molecule has 2 rings (SSSR count). The largest absolute Gasteiger partial charge is 0.376 e. The first-order valence-corrected chi connectivity index (χ1v) is 8.57. The first-order chi connectivity index (χ1) is 9.13. The van der Waals surface area contributed by atoms with Gasteiger partial charge in [0.1, 0.15) is 0 Å². The van der Waals surface area contributed by atoms with Crippen LogP contribution in [0.1, 0.15) is 34.8 Å². The number of hydrogen-bond acceptors (Lipinski definition) is 5. The highest BCUT2D eigenvalue weighted by molar-refractivity contribution is 7.89. The summed E-state index contributed by atoms with van der Waals surface area (Å²) in [4.78, 5) is 13.1. The van der Waals surface area contributed by atoms with Crippen molar-refractivity contribution in [3.8, 4) is 0 Å². The lowest BCUT2D eigenvalue weighted by molar-refractivity contribution is 0.0730. The summed E-state index contributed by atoms with van der Waals surface area (Å²) in [5.41, 5.74) is -0.434. The van der Waals surface area contributed by atoms with Gasteiger partial charge in [0.2, 0.25) is 10.0 Å². The van der Waals surface area contributed by atoms with Gasteiger partial charge in [0.25, 0.3) is 5.91 Å². The molecule has 112 valence electrons. The average molecular weight is 318 g/mol. The predicted octanol–water partition coefficient (Wildman–Crippen LogP) is 1.00. The van der Waals surface area contributed by atoms with Crippen molar-refractivity contribution < 1.29 is 17.9 Å². The van der Waals surface area contributed by atoms with Crippen LogP contribution in [0.4, 0.5) is 0 Å². The summed E-state index contributed by atoms with van der Waals surface area (Å²) < 4.78 is 28.2. The summed E-state index contributed by atoms with van der Waals surface area (Å²) >= 11 is 1.12. The maximum Gasteiger partial charge on any atom is 0.261 e. The molecule has 2 unspecified atom stereocenters. The van der Waals surface area contributed by atoms with E-state index >= 15 is 0 Å². The van der Waals surface area contributed by atoms with Crippen molar-refractivity contribution in [1.82, 2.24) is 5.32 Å². The molecule has 1 aliphatic heterocycles. The number of amides is 1. The average Bonchev–Trinajstić information content (AvgIpc) is 2.83. The van der Waals surface area contributed by atoms with Crippen LogP contribution in [0.15, 0.2) is 11.0 Å². The molecule has 8 heteroatoms. The van der Waals surface area contributed by atoms with Crippen LogP contribution in [0.3, 0.4) is 0 Å². The van der Waals surface area contributed by atoms with Crippen LogP contribution >= 0.6 is 11.3 Å². The Balaban J connectivity index is 2.23. The van der Waals surface area contributed by atoms with Crippen molar-refractivity contribution in [3.63, 3.8) is 0 Å². The summed E-state index contributed by atoms with van der Waals surface area (Å²) in [6.45, 7) is 6.06. The van der Waals surface area contributed by atoms with Crippen LogP contribution in [-0.2, 0) is 14.8 Å². The van der Waals surface area contributed by atoms with Crippen LogP contribution in [-0.4, -0.2) is 32.6 Å². The molecule has 6 nitrogen and oxygen atoms in total. The topological polar surface area (TPSA) is 98.5 Å². The molecular weight excluding hydrogens is 300 g/mol. The minimum atomic E-state index is -3.79. The van der Waals surface area contributed by atoms with E-state index in [0.29, 0.717) is 16.4 Å². The van der Waals surface area contributed by atoms with Crippen LogP contribution in [0.25, 0.3) is 0 Å². The molecule has 0 radical (unpaired) electrons. The van der Waals surface area contributed by atoms with Crippen molar-refractivity contribution in [2.24, 2.45) is 5.14 Å². The fourth-order valence-corrected chi connectivity index (χ4v) is 4.22. The van der Waals surface area contributed by atoms with Gasteiger partial charge in [-0.1, -0.05) is 0 Å². The number of hydrogen-bond donors (Lipinski definition) is 2. The first kappa shape index (κ1) is 15.4. The Kier molecular flexibility index (Phi) is 3.94. The fourth-order valence-electron chi connectivity index (χ4n) is 2.18. The van der Waals surface area contributed by atoms with E-state index in [2.05, 4.69) is 5.32 Å². The number of primary sulfonamides is 1. The zero-order valence-electron chi connectivity index (χ0n) is 11.6. The van der Waals surface area contributed by atoms with Crippen LogP contribution < -0.4 is 10.5 Å². The highest BCUT2D eigenvalue weighted by Gasteiger charge is 2.38. The molecule has 0 aliphatic carbocycles. The number of nitrogens with two attached hydrogens (primary N) is 1. The van der Waals surface area contributed by atoms with E-state index in [1.54, 1.807) is 6.92 Å². The lowest BCUT2D eigenvalue weighted by Crippen LogP contribution is -2.50. The van der Waals surface area contributed by atoms with Crippen LogP contribution in [0.5, 0.6) is 0 Å². The van der Waals surface area contributed by atoms with E-state index in [0.717, 1.165) is 17.8 Å². The Bertz CT molecular complexity index is 638. The van der Waals surface area contributed by atoms with Gasteiger partial charge in [-0.25, -0.2) is 13.6 Å². The van der Waals surface area contributed by atoms with Gasteiger partial charge in [0, 0.05) is 11.5 Å². The number of sulfonamides is 1. The Morgan fingerprint density at radius 2 is 2.25 bits per heavy atom. The molecule has 1 fully saturated rings. The van der Waals surface area contributed by atoms with E-state index < -0.39 is 15.6 Å². The number of carbonyl (C=O) groups excluding carboxylic acids is 1. The number of ether oxygens (including phenoxy) is 1. The molecule has 0 aromatic carbocycles. The van der Waals surface area contributed by atoms with Crippen molar-refractivity contribution in [3.05, 3.63) is 15.8 Å². The van der Waals surface area contributed by atoms with Crippen molar-refractivity contribution in [2.75, 3.05) is 6.61 Å². The maximum atomic E-state index is 12.3. The molecule has 1 aromatic rings. The Labute approximate surface area is 122 Å². The standard InChI is InChI=1S/C12H18N2O4S2/c1-7-10(20(13,16)17)6-9(19-7)11(15)14-12(3)4-5-18-8(12)2/h6,8H,4-5H2,1-3H3,(H,14,15)(H2,13,16,17). The molecule has 2 heterocycles. The van der Waals surface area contributed by atoms with E-state index in [4.69, 9.17) is 9.88 Å². The number of aryl methyl sites for hydroxylation is 1. The Hall–Kier alpha value is -0.960. The van der Waals surface area contributed by atoms with Gasteiger partial charge in [-0.2, -0.15) is 0 Å². The van der Waals surface area contributed by atoms with E-state index in [1.807, 2.05) is 13.8 Å². The second-order valence-corrected chi connectivity index (χ2v) is 8.00. The Morgan fingerprint density at radius 3 is 2.70 bits per heavy atom. The van der Waals surface area contributed by atoms with Crippen LogP contribution in [0, 0.1) is 6.92 Å². The second kappa shape index (κ2) is 5.10. The number of rotatable bonds is 3. The fraction of sp³-hybridized carbons (Fsp3) is 0.583. The molecular formula is C12H18N2O4S2. The molecule has 0 spiro atoms. The lowest BCUT2D eigenvalue weighted by Gasteiger charge is -2.28. The van der Waals surface area contributed by atoms with Crippen molar-refractivity contribution >= 4 is 27.3 Å². The molecule has 2 atom stereocenters. The van der Waals surface area contributed by atoms with Crippen molar-refractivity contribution in [2.45, 2.75) is 43.7 Å². The predicted molar refractivity (Wildman–Crippen MR) is 76.3 cm³/mol. The van der Waals surface area contributed by atoms with Gasteiger partial charge in [0.05, 0.1) is 21.4 Å². The molecule has 20 heavy (non-hydrogen) atoms. The number of nitrogens with one attached hydrogen (secondary N) is 1. The zero-order valence-corrected chi connectivity index (χ0v) is 13.2. The van der Waals surface area contributed by atoms with Gasteiger partial charge in [0.15, 0.2) is 0 Å². The molecule has 3 N–H and O–H groups in total. The third-order valence-corrected chi connectivity index (χ3v) is 5.90. The maximum absolute atomic E-state index is 12.3. The number of carbonyl (C=O) groups is 1. The van der Waals surface area contributed by atoms with Crippen LogP contribution in [0.2, 0.25) is 0 Å². The highest BCUT2D eigenvalue weighted by Crippen LogP contribution is 2.28. The summed E-state index contributed by atoms with van der Waals surface area (Å²) in [5.74, 6) is -0.298. The van der Waals surface area contributed by atoms with Gasteiger partial charge in [-0.3, -0.25) is 4.79 Å². The second-order valence-electron chi connectivity index (χ2n) is 5.21. The van der Waals surface area contributed by atoms with E-state index in [9.17, 15) is 13.2 Å². The summed E-state index contributed by atoms with van der Waals surface area (Å²) in [7, 11) is -3.79. The van der Waals surface area contributed by atoms with Gasteiger partial charge in [-0.05, 0) is 33.3 Å². The van der Waals surface area contributed by atoms with Gasteiger partial charge in [-0.15, -0.1) is 11.3 Å². The molecule has 1 saturated heterocycles. The zero-order chi connectivity index (χ0) is 15.1. The van der Waals surface area contributed by atoms with E-state index in [1.165, 1.54) is 6.07 Å². The molecule has 0 bridgehead atoms. The summed E-state index contributed by atoms with van der Waals surface area (Å²) in [6, 6.07) is 1.33. The Morgan fingerprint density at radius 1 is 1.60 bits per heavy atom. The number of thiophene rings is 1. The highest BCUT2D eigenvalue weighted by atomic mass is 32.2. The smallest absolute Gasteiger partial charge is 0.261 e. The quantitative estimate of drug-likeness (QED) is 0.868. The van der Waals surface area contributed by atoms with E-state index in [-0.39, 0.29) is 16.9 Å². The molecule has 1 amide bonds. The molecule has 1 aromatic heterocycles. The normalized spacial score (nSPS) is 26.7. The summed E-state index contributed by atoms with van der Waals surface area (Å²) in [6.07, 6.45) is 0.650.